The van der Waals surface area contributed by atoms with Gasteiger partial charge in [0.05, 0.1) is 0 Å². The first-order valence-electron chi connectivity index (χ1n) is 16.0. The second-order valence-electron chi connectivity index (χ2n) is 13.2. The van der Waals surface area contributed by atoms with E-state index in [4.69, 9.17) is 0 Å². The van der Waals surface area contributed by atoms with Crippen molar-refractivity contribution in [2.45, 2.75) is 139 Å². The topological polar surface area (TPSA) is 64.6 Å². The molecule has 0 saturated heterocycles. The Hall–Kier alpha value is -3.57. The van der Waals surface area contributed by atoms with Gasteiger partial charge >= 0.3 is 133 Å². The smallest absolute Gasteiger partial charge is 0.311 e. The van der Waals surface area contributed by atoms with Crippen molar-refractivity contribution >= 4 is 0 Å². The molecule has 0 bridgehead atoms. The molecule has 78 heavy (non-hydrogen) atoms. The summed E-state index contributed by atoms with van der Waals surface area (Å²) >= 11 is 0. The molecule has 0 aliphatic carbocycles. The Bertz CT molecular complexity index is 2040. The first-order chi connectivity index (χ1) is 32.9. The third-order valence-electron chi connectivity index (χ3n) is 7.51. The van der Waals surface area contributed by atoms with E-state index in [0.29, 0.717) is 23.7 Å². The van der Waals surface area contributed by atoms with Gasteiger partial charge in [0, 0.05) is 0 Å². The van der Waals surface area contributed by atoms with Crippen molar-refractivity contribution in [1.29, 1.82) is 0 Å². The first-order valence-corrected chi connectivity index (χ1v) is 16.0. The lowest BCUT2D eigenvalue weighted by Gasteiger charge is -2.45. The number of ether oxygens (including phenoxy) is 7. The van der Waals surface area contributed by atoms with Crippen LogP contribution in [0, 0.1) is 0 Å². The highest BCUT2D eigenvalue weighted by molar-refractivity contribution is 5.01. The van der Waals surface area contributed by atoms with Crippen molar-refractivity contribution in [2.75, 3.05) is 6.61 Å². The Labute approximate surface area is 387 Å². The summed E-state index contributed by atoms with van der Waals surface area (Å²) in [6.07, 6.45) is -142. The zero-order valence-corrected chi connectivity index (χ0v) is 32.9. The minimum Gasteiger partial charge on any atom is -0.311 e. The van der Waals surface area contributed by atoms with Crippen LogP contribution in [0.4, 0.5) is 206 Å². The molecule has 54 heteroatoms. The highest BCUT2D eigenvalue weighted by Gasteiger charge is 2.92. The van der Waals surface area contributed by atoms with Crippen LogP contribution in [-0.4, -0.2) is 146 Å². The molecule has 7 nitrogen and oxygen atoms in total. The second kappa shape index (κ2) is 19.8. The predicted octanol–water partition coefficient (Wildman–Crippen LogP) is 14.7. The highest BCUT2D eigenvalue weighted by Crippen LogP contribution is 2.63. The van der Waals surface area contributed by atoms with E-state index in [1.807, 2.05) is 4.74 Å². The van der Waals surface area contributed by atoms with E-state index in [1.165, 1.54) is 4.74 Å². The van der Waals surface area contributed by atoms with Gasteiger partial charge in [0.15, 0.2) is 0 Å². The normalized spacial score (nSPS) is 21.0. The summed E-state index contributed by atoms with van der Waals surface area (Å²) in [4.78, 5) is 0. The minimum atomic E-state index is -10.0. The fourth-order valence-corrected chi connectivity index (χ4v) is 3.68. The molecule has 470 valence electrons. The third kappa shape index (κ3) is 13.0. The quantitative estimate of drug-likeness (QED) is 0.100. The van der Waals surface area contributed by atoms with Gasteiger partial charge in [0.1, 0.15) is 6.61 Å². The summed E-state index contributed by atoms with van der Waals surface area (Å²) in [5.74, 6) is -65.6. The second-order valence-corrected chi connectivity index (χ2v) is 13.2. The molecular formula is C24H3F47O7. The van der Waals surface area contributed by atoms with E-state index in [9.17, 15) is 206 Å². The first kappa shape index (κ1) is 74.4. The van der Waals surface area contributed by atoms with Crippen LogP contribution in [0.5, 0.6) is 0 Å². The molecular weight excluding hydrogens is 1290 g/mol. The van der Waals surface area contributed by atoms with E-state index in [-0.39, 0.29) is 0 Å². The van der Waals surface area contributed by atoms with Gasteiger partial charge in [-0.05, 0) is 0 Å². The number of hydrogen-bond donors (Lipinski definition) is 0. The summed E-state index contributed by atoms with van der Waals surface area (Å²) in [6, 6.07) is 0. The van der Waals surface area contributed by atoms with Crippen LogP contribution >= 0.6 is 0 Å². The van der Waals surface area contributed by atoms with E-state index in [0.717, 1.165) is 0 Å². The molecule has 0 saturated carbocycles. The van der Waals surface area contributed by atoms with Gasteiger partial charge in [-0.15, -0.1) is 0 Å². The average molecular weight is 1300 g/mol. The summed E-state index contributed by atoms with van der Waals surface area (Å²) in [6.45, 7) is -4.93. The minimum absolute atomic E-state index is 0.510. The zero-order chi connectivity index (χ0) is 64.2. The Morgan fingerprint density at radius 3 is 0.590 bits per heavy atom. The number of rotatable bonds is 22. The maximum Gasteiger partial charge on any atom is 0.462 e. The molecule has 7 unspecified atom stereocenters. The molecule has 0 aromatic carbocycles. The molecule has 0 rings (SSSR count). The summed E-state index contributed by atoms with van der Waals surface area (Å²) in [7, 11) is 0. The molecule has 0 heterocycles. The molecule has 0 aliphatic heterocycles. The van der Waals surface area contributed by atoms with Crippen LogP contribution < -0.4 is 0 Å². The van der Waals surface area contributed by atoms with Crippen LogP contribution in [-0.2, 0) is 33.2 Å². The molecule has 0 fully saturated rings. The fourth-order valence-electron chi connectivity index (χ4n) is 3.68. The highest BCUT2D eigenvalue weighted by atomic mass is 19.5. The maximum atomic E-state index is 14.9. The van der Waals surface area contributed by atoms with Gasteiger partial charge in [-0.25, -0.2) is 4.39 Å². The monoisotopic (exact) mass is 1300 g/mol. The summed E-state index contributed by atoms with van der Waals surface area (Å²) < 4.78 is 643. The van der Waals surface area contributed by atoms with Gasteiger partial charge in [-0.1, -0.05) is 0 Å². The Morgan fingerprint density at radius 2 is 0.423 bits per heavy atom. The lowest BCUT2D eigenvalue weighted by atomic mass is 10.2. The van der Waals surface area contributed by atoms with E-state index in [2.05, 4.69) is 0 Å². The van der Waals surface area contributed by atoms with Crippen molar-refractivity contribution in [3.8, 4) is 0 Å². The van der Waals surface area contributed by atoms with E-state index in [1.54, 1.807) is 0 Å². The number of alkyl halides is 47. The van der Waals surface area contributed by atoms with Gasteiger partial charge in [0.25, 0.3) is 6.17 Å². The van der Waals surface area contributed by atoms with Crippen molar-refractivity contribution in [3.05, 3.63) is 0 Å². The standard InChI is InChI=1S/C24H3F47O7/c25-2(4(27,28)29)5(30,31)72-1-3(26,12(39,40)41)73-20(62,63)7(34,14(45,46)47)75-22(66,67)9(36,16(51,52)53)77-24(70,71)11(38,18(57,58)59)78-23(68,69)10(37,17(54,55)56)76-21(64,65)8(35,15(48,49)50)74-19(60,61)6(32,33)13(42,43)44/h2H,1H2. The van der Waals surface area contributed by atoms with Crippen molar-refractivity contribution < 1.29 is 240 Å². The van der Waals surface area contributed by atoms with Crippen LogP contribution in [0.2, 0.25) is 0 Å². The van der Waals surface area contributed by atoms with E-state index < -0.39 is 146 Å². The maximum absolute atomic E-state index is 14.9. The summed E-state index contributed by atoms with van der Waals surface area (Å²) in [5.41, 5.74) is 0. The molecule has 0 radical (unpaired) electrons. The van der Waals surface area contributed by atoms with Gasteiger partial charge in [0.2, 0.25) is 0 Å². The summed E-state index contributed by atoms with van der Waals surface area (Å²) in [5, 5.41) is 0. The fraction of sp³-hybridized carbons (Fsp3) is 1.00. The Balaban J connectivity index is 8.28. The van der Waals surface area contributed by atoms with Crippen LogP contribution in [0.15, 0.2) is 0 Å². The predicted molar refractivity (Wildman–Crippen MR) is 128 cm³/mol. The van der Waals surface area contributed by atoms with Crippen molar-refractivity contribution in [3.63, 3.8) is 0 Å². The largest absolute Gasteiger partial charge is 0.462 e. The Morgan fingerprint density at radius 1 is 0.231 bits per heavy atom. The zero-order valence-electron chi connectivity index (χ0n) is 32.9. The van der Waals surface area contributed by atoms with Crippen LogP contribution in [0.3, 0.4) is 0 Å². The molecule has 0 N–H and O–H groups in total. The third-order valence-corrected chi connectivity index (χ3v) is 7.51. The van der Waals surface area contributed by atoms with Gasteiger partial charge in [-0.3, -0.25) is 28.4 Å². The van der Waals surface area contributed by atoms with Gasteiger partial charge < -0.3 is 4.74 Å². The lowest BCUT2D eigenvalue weighted by Crippen LogP contribution is -2.73. The Kier molecular flexibility index (Phi) is 18.9. The SMILES string of the molecule is FC(C(F)(F)F)C(F)(F)OCC(F)(OC(F)(F)C(F)(OC(F)(F)C(F)(OC(F)(F)C(F)(OC(F)(F)C(F)(OC(F)(F)C(F)(OC(F)(F)C(F)(F)C(F)(F)F)C(F)(F)F)C(F)(F)F)C(F)(F)F)C(F)(F)F)C(F)(F)F)C(F)(F)F. The molecule has 0 aromatic heterocycles. The number of halogens is 47. The molecule has 7 atom stereocenters. The van der Waals surface area contributed by atoms with E-state index >= 15 is 0 Å². The van der Waals surface area contributed by atoms with Gasteiger partial charge in [-0.2, -0.15) is 202 Å². The lowest BCUT2D eigenvalue weighted by molar-refractivity contribution is -0.605. The molecule has 0 spiro atoms. The molecule has 0 aliphatic rings. The van der Waals surface area contributed by atoms with Crippen LogP contribution in [0.25, 0.3) is 0 Å². The average Bonchev–Trinajstić information content (AvgIpc) is 3.11. The molecule has 0 amide bonds. The van der Waals surface area contributed by atoms with Crippen LogP contribution in [0.1, 0.15) is 0 Å². The molecule has 0 aromatic rings. The van der Waals surface area contributed by atoms with Crippen molar-refractivity contribution in [1.82, 2.24) is 0 Å². The van der Waals surface area contributed by atoms with Crippen molar-refractivity contribution in [2.24, 2.45) is 0 Å². The number of hydrogen-bond acceptors (Lipinski definition) is 7.